The normalized spacial score (nSPS) is 19.0. The van der Waals surface area contributed by atoms with Crippen molar-refractivity contribution in [2.45, 2.75) is 64.8 Å². The van der Waals surface area contributed by atoms with Crippen LogP contribution in [0.5, 0.6) is 0 Å². The molecule has 158 valence electrons. The van der Waals surface area contributed by atoms with Gasteiger partial charge in [-0.1, -0.05) is 5.16 Å². The van der Waals surface area contributed by atoms with Gasteiger partial charge >= 0.3 is 0 Å². The van der Waals surface area contributed by atoms with Gasteiger partial charge in [0.25, 0.3) is 0 Å². The van der Waals surface area contributed by atoms with Crippen molar-refractivity contribution < 1.29 is 14.1 Å². The zero-order chi connectivity index (χ0) is 20.2. The Labute approximate surface area is 171 Å². The molecule has 29 heavy (non-hydrogen) atoms. The van der Waals surface area contributed by atoms with E-state index in [-0.39, 0.29) is 5.91 Å². The van der Waals surface area contributed by atoms with Gasteiger partial charge in [0.15, 0.2) is 5.82 Å². The zero-order valence-corrected chi connectivity index (χ0v) is 17.5. The number of ether oxygens (including phenoxy) is 1. The van der Waals surface area contributed by atoms with E-state index in [0.717, 1.165) is 81.5 Å². The van der Waals surface area contributed by atoms with Crippen LogP contribution in [-0.2, 0) is 22.5 Å². The molecule has 0 saturated carbocycles. The minimum Gasteiger partial charge on any atom is -0.381 e. The lowest BCUT2D eigenvalue weighted by atomic mass is 9.93. The average molecular weight is 402 g/mol. The number of carbonyl (C=O) groups excluding carboxylic acids is 1. The summed E-state index contributed by atoms with van der Waals surface area (Å²) in [7, 11) is 0. The summed E-state index contributed by atoms with van der Waals surface area (Å²) >= 11 is 0. The summed E-state index contributed by atoms with van der Waals surface area (Å²) in [5, 5.41) is 8.63. The van der Waals surface area contributed by atoms with E-state index in [0.29, 0.717) is 24.8 Å². The minimum atomic E-state index is 0.218. The molecule has 0 radical (unpaired) electrons. The molecule has 2 aromatic rings. The maximum Gasteiger partial charge on any atom is 0.226 e. The van der Waals surface area contributed by atoms with Gasteiger partial charge in [0, 0.05) is 57.3 Å². The van der Waals surface area contributed by atoms with Crippen LogP contribution < -0.4 is 0 Å². The van der Waals surface area contributed by atoms with Crippen LogP contribution in [0.2, 0.25) is 0 Å². The van der Waals surface area contributed by atoms with Crippen LogP contribution in [-0.4, -0.2) is 57.0 Å². The number of likely N-dealkylation sites (tertiary alicyclic amines) is 1. The molecule has 0 bridgehead atoms. The van der Waals surface area contributed by atoms with Crippen LogP contribution in [0.4, 0.5) is 0 Å². The lowest BCUT2D eigenvalue weighted by Gasteiger charge is -2.31. The first-order valence-electron chi connectivity index (χ1n) is 10.8. The summed E-state index contributed by atoms with van der Waals surface area (Å²) in [5.41, 5.74) is 2.10. The molecule has 8 nitrogen and oxygen atoms in total. The smallest absolute Gasteiger partial charge is 0.226 e. The Morgan fingerprint density at radius 3 is 2.62 bits per heavy atom. The highest BCUT2D eigenvalue weighted by Gasteiger charge is 2.26. The first kappa shape index (κ1) is 20.1. The Kier molecular flexibility index (Phi) is 6.28. The fourth-order valence-corrected chi connectivity index (χ4v) is 4.37. The van der Waals surface area contributed by atoms with Gasteiger partial charge in [-0.15, -0.1) is 0 Å². The van der Waals surface area contributed by atoms with Crippen LogP contribution in [0.15, 0.2) is 10.6 Å². The Bertz CT molecular complexity index is 816. The van der Waals surface area contributed by atoms with E-state index < -0.39 is 0 Å². The summed E-state index contributed by atoms with van der Waals surface area (Å²) in [6, 6.07) is 2.04. The van der Waals surface area contributed by atoms with E-state index in [1.807, 2.05) is 29.5 Å². The van der Waals surface area contributed by atoms with Gasteiger partial charge in [0.05, 0.1) is 5.69 Å². The molecule has 0 aliphatic carbocycles. The quantitative estimate of drug-likeness (QED) is 0.740. The number of hydrogen-bond acceptors (Lipinski definition) is 6. The van der Waals surface area contributed by atoms with Crippen LogP contribution >= 0.6 is 0 Å². The first-order chi connectivity index (χ1) is 14.1. The summed E-state index contributed by atoms with van der Waals surface area (Å²) in [4.78, 5) is 19.2. The van der Waals surface area contributed by atoms with Crippen LogP contribution in [0.3, 0.4) is 0 Å². The largest absolute Gasteiger partial charge is 0.381 e. The second-order valence-corrected chi connectivity index (χ2v) is 8.36. The highest BCUT2D eigenvalue weighted by atomic mass is 16.5. The highest BCUT2D eigenvalue weighted by Crippen LogP contribution is 2.26. The molecule has 4 heterocycles. The molecule has 0 aromatic carbocycles. The number of piperidine rings is 1. The van der Waals surface area contributed by atoms with E-state index in [9.17, 15) is 4.79 Å². The SMILES string of the molecule is Cc1cc(C)n(CCC(=O)N2CCC(Cc3nc(C4CCOCC4)no3)CC2)n1. The molecule has 2 aliphatic rings. The lowest BCUT2D eigenvalue weighted by molar-refractivity contribution is -0.132. The van der Waals surface area contributed by atoms with Gasteiger partial charge in [-0.2, -0.15) is 10.1 Å². The van der Waals surface area contributed by atoms with Crippen molar-refractivity contribution in [3.05, 3.63) is 29.2 Å². The third-order valence-corrected chi connectivity index (χ3v) is 6.14. The molecule has 0 unspecified atom stereocenters. The Morgan fingerprint density at radius 1 is 1.17 bits per heavy atom. The molecule has 2 fully saturated rings. The molecular formula is C21H31N5O3. The predicted molar refractivity (Wildman–Crippen MR) is 106 cm³/mol. The second kappa shape index (κ2) is 9.07. The third-order valence-electron chi connectivity index (χ3n) is 6.14. The lowest BCUT2D eigenvalue weighted by Crippen LogP contribution is -2.39. The topological polar surface area (TPSA) is 86.3 Å². The maximum absolute atomic E-state index is 12.6. The minimum absolute atomic E-state index is 0.218. The van der Waals surface area contributed by atoms with Crippen molar-refractivity contribution in [3.8, 4) is 0 Å². The molecular weight excluding hydrogens is 370 g/mol. The number of hydrogen-bond donors (Lipinski definition) is 0. The van der Waals surface area contributed by atoms with Gasteiger partial charge in [0.2, 0.25) is 11.8 Å². The summed E-state index contributed by atoms with van der Waals surface area (Å²) in [6.07, 6.45) is 5.23. The van der Waals surface area contributed by atoms with Gasteiger partial charge in [-0.05, 0) is 51.5 Å². The summed E-state index contributed by atoms with van der Waals surface area (Å²) < 4.78 is 12.8. The number of aromatic nitrogens is 4. The van der Waals surface area contributed by atoms with Crippen molar-refractivity contribution in [3.63, 3.8) is 0 Å². The van der Waals surface area contributed by atoms with Gasteiger partial charge in [-0.3, -0.25) is 9.48 Å². The maximum atomic E-state index is 12.6. The van der Waals surface area contributed by atoms with Gasteiger partial charge in [0.1, 0.15) is 0 Å². The fourth-order valence-electron chi connectivity index (χ4n) is 4.37. The number of amides is 1. The highest BCUT2D eigenvalue weighted by molar-refractivity contribution is 5.76. The Balaban J connectivity index is 1.21. The first-order valence-corrected chi connectivity index (χ1v) is 10.8. The van der Waals surface area contributed by atoms with E-state index in [2.05, 4.69) is 15.2 Å². The molecule has 8 heteroatoms. The Morgan fingerprint density at radius 2 is 1.93 bits per heavy atom. The van der Waals surface area contributed by atoms with Gasteiger partial charge in [-0.25, -0.2) is 0 Å². The molecule has 2 saturated heterocycles. The van der Waals surface area contributed by atoms with Crippen molar-refractivity contribution in [2.24, 2.45) is 5.92 Å². The summed E-state index contributed by atoms with van der Waals surface area (Å²) in [5.74, 6) is 2.65. The number of rotatable bonds is 6. The molecule has 2 aliphatic heterocycles. The molecule has 0 spiro atoms. The van der Waals surface area contributed by atoms with Crippen molar-refractivity contribution in [1.82, 2.24) is 24.8 Å². The summed E-state index contributed by atoms with van der Waals surface area (Å²) in [6.45, 7) is 7.83. The molecule has 4 rings (SSSR count). The molecule has 0 N–H and O–H groups in total. The predicted octanol–water partition coefficient (Wildman–Crippen LogP) is 2.65. The van der Waals surface area contributed by atoms with Crippen molar-refractivity contribution in [1.29, 1.82) is 0 Å². The standard InChI is InChI=1S/C21H31N5O3/c1-15-13-16(2)26(23-15)10-5-20(27)25-8-3-17(4-9-25)14-19-22-21(24-29-19)18-6-11-28-12-7-18/h13,17-18H,3-12,14H2,1-2H3. The average Bonchev–Trinajstić information content (AvgIpc) is 3.33. The number of aryl methyl sites for hydroxylation is 3. The zero-order valence-electron chi connectivity index (χ0n) is 17.5. The van der Waals surface area contributed by atoms with E-state index >= 15 is 0 Å². The molecule has 0 atom stereocenters. The second-order valence-electron chi connectivity index (χ2n) is 8.36. The van der Waals surface area contributed by atoms with Gasteiger partial charge < -0.3 is 14.2 Å². The van der Waals surface area contributed by atoms with E-state index in [4.69, 9.17) is 9.26 Å². The van der Waals surface area contributed by atoms with Crippen LogP contribution in [0, 0.1) is 19.8 Å². The number of carbonyl (C=O) groups is 1. The van der Waals surface area contributed by atoms with Crippen molar-refractivity contribution in [2.75, 3.05) is 26.3 Å². The van der Waals surface area contributed by atoms with E-state index in [1.165, 1.54) is 0 Å². The van der Waals surface area contributed by atoms with E-state index in [1.54, 1.807) is 0 Å². The Hall–Kier alpha value is -2.22. The van der Waals surface area contributed by atoms with Crippen LogP contribution in [0.1, 0.15) is 61.1 Å². The monoisotopic (exact) mass is 401 g/mol. The van der Waals surface area contributed by atoms with Crippen LogP contribution in [0.25, 0.3) is 0 Å². The molecule has 1 amide bonds. The third kappa shape index (κ3) is 5.04. The van der Waals surface area contributed by atoms with Crippen molar-refractivity contribution >= 4 is 5.91 Å². The molecule has 2 aromatic heterocycles. The fraction of sp³-hybridized carbons (Fsp3) is 0.714. The number of nitrogens with zero attached hydrogens (tertiary/aromatic N) is 5.